The van der Waals surface area contributed by atoms with Crippen LogP contribution in [-0.4, -0.2) is 27.4 Å². The summed E-state index contributed by atoms with van der Waals surface area (Å²) >= 11 is 0. The molecule has 0 bridgehead atoms. The van der Waals surface area contributed by atoms with E-state index in [-0.39, 0.29) is 5.69 Å². The van der Waals surface area contributed by atoms with Gasteiger partial charge in [0.25, 0.3) is 5.91 Å². The number of rotatable bonds is 4. The van der Waals surface area contributed by atoms with Crippen LogP contribution in [0.1, 0.15) is 21.7 Å². The Balaban J connectivity index is 1.39. The Bertz CT molecular complexity index is 1350. The van der Waals surface area contributed by atoms with Crippen molar-refractivity contribution in [1.29, 1.82) is 0 Å². The Hall–Kier alpha value is -4.21. The van der Waals surface area contributed by atoms with Crippen molar-refractivity contribution >= 4 is 23.0 Å². The van der Waals surface area contributed by atoms with E-state index in [9.17, 15) is 22.4 Å². The van der Waals surface area contributed by atoms with E-state index in [2.05, 4.69) is 26.6 Å². The minimum atomic E-state index is -4.92. The molecule has 1 N–H and O–H groups in total. The molecule has 172 valence electrons. The van der Waals surface area contributed by atoms with Gasteiger partial charge >= 0.3 is 6.18 Å². The Morgan fingerprint density at radius 1 is 0.912 bits per heavy atom. The van der Waals surface area contributed by atoms with Crippen molar-refractivity contribution in [2.45, 2.75) is 12.6 Å². The molecule has 0 radical (unpaired) electrons. The number of benzene rings is 3. The summed E-state index contributed by atoms with van der Waals surface area (Å²) in [6.07, 6.45) is -4.00. The molecule has 2 heterocycles. The lowest BCUT2D eigenvalue weighted by Crippen LogP contribution is -2.21. The van der Waals surface area contributed by atoms with Gasteiger partial charge in [0.05, 0.1) is 5.69 Å². The number of halogens is 4. The summed E-state index contributed by atoms with van der Waals surface area (Å²) in [5.74, 6) is -1.67. The molecule has 10 heteroatoms. The van der Waals surface area contributed by atoms with Gasteiger partial charge < -0.3 is 10.2 Å². The highest BCUT2D eigenvalue weighted by Gasteiger charge is 2.42. The number of nitrogens with zero attached hydrogens (tertiary/aromatic N) is 4. The number of alkyl halides is 3. The molecule has 1 aliphatic rings. The van der Waals surface area contributed by atoms with Gasteiger partial charge in [-0.3, -0.25) is 4.79 Å². The second kappa shape index (κ2) is 8.29. The first kappa shape index (κ1) is 21.6. The highest BCUT2D eigenvalue weighted by Crippen LogP contribution is 2.35. The summed E-state index contributed by atoms with van der Waals surface area (Å²) in [7, 11) is 0. The van der Waals surface area contributed by atoms with Crippen molar-refractivity contribution in [3.63, 3.8) is 0 Å². The van der Waals surface area contributed by atoms with Gasteiger partial charge in [-0.1, -0.05) is 23.4 Å². The molecule has 0 saturated heterocycles. The van der Waals surface area contributed by atoms with Gasteiger partial charge in [0.1, 0.15) is 5.82 Å². The minimum absolute atomic E-state index is 0.0736. The van der Waals surface area contributed by atoms with E-state index in [0.717, 1.165) is 48.6 Å². The fraction of sp³-hybridized carbons (Fsp3) is 0.125. The first-order valence-electron chi connectivity index (χ1n) is 10.4. The Morgan fingerprint density at radius 3 is 2.29 bits per heavy atom. The average Bonchev–Trinajstić information content (AvgIpc) is 3.45. The summed E-state index contributed by atoms with van der Waals surface area (Å²) in [5, 5.41) is 9.40. The lowest BCUT2D eigenvalue weighted by Gasteiger charge is -2.20. The third-order valence-electron chi connectivity index (χ3n) is 5.55. The van der Waals surface area contributed by atoms with Crippen LogP contribution in [0, 0.1) is 5.82 Å². The molecule has 0 atom stereocenters. The molecule has 6 nitrogen and oxygen atoms in total. The molecule has 0 saturated carbocycles. The van der Waals surface area contributed by atoms with Crippen molar-refractivity contribution in [3.8, 4) is 5.69 Å². The molecule has 0 aliphatic carbocycles. The van der Waals surface area contributed by atoms with Gasteiger partial charge in [-0.05, 0) is 66.6 Å². The number of anilines is 3. The number of para-hydroxylation sites is 1. The monoisotopic (exact) mass is 467 g/mol. The third kappa shape index (κ3) is 3.98. The zero-order valence-electron chi connectivity index (χ0n) is 17.6. The van der Waals surface area contributed by atoms with E-state index in [4.69, 9.17) is 0 Å². The zero-order valence-corrected chi connectivity index (χ0v) is 17.6. The SMILES string of the molecule is O=C(Nc1ccc(N2CCc3ccccc32)cc1)c1nnn(-c2ccc(F)cc2)c1C(F)(F)F. The number of aromatic nitrogens is 3. The van der Waals surface area contributed by atoms with Gasteiger partial charge in [0.15, 0.2) is 11.4 Å². The van der Waals surface area contributed by atoms with Crippen molar-refractivity contribution in [3.05, 3.63) is 95.6 Å². The molecule has 0 fully saturated rings. The number of hydrogen-bond acceptors (Lipinski definition) is 4. The van der Waals surface area contributed by atoms with Gasteiger partial charge in [-0.15, -0.1) is 5.10 Å². The maximum absolute atomic E-state index is 13.8. The molecule has 1 aromatic heterocycles. The summed E-state index contributed by atoms with van der Waals surface area (Å²) in [6, 6.07) is 19.1. The van der Waals surface area contributed by atoms with Crippen LogP contribution >= 0.6 is 0 Å². The molecule has 4 aromatic rings. The molecule has 3 aromatic carbocycles. The molecule has 0 unspecified atom stereocenters. The largest absolute Gasteiger partial charge is 0.435 e. The molecule has 0 spiro atoms. The van der Waals surface area contributed by atoms with Crippen LogP contribution in [0.2, 0.25) is 0 Å². The number of nitrogens with one attached hydrogen (secondary N) is 1. The van der Waals surface area contributed by atoms with Crippen molar-refractivity contribution in [2.24, 2.45) is 0 Å². The number of fused-ring (bicyclic) bond motifs is 1. The van der Waals surface area contributed by atoms with Crippen molar-refractivity contribution < 1.29 is 22.4 Å². The van der Waals surface area contributed by atoms with E-state index in [0.29, 0.717) is 10.4 Å². The van der Waals surface area contributed by atoms with Gasteiger partial charge in [-0.2, -0.15) is 13.2 Å². The summed E-state index contributed by atoms with van der Waals surface area (Å²) in [4.78, 5) is 14.8. The van der Waals surface area contributed by atoms with E-state index in [1.165, 1.54) is 5.56 Å². The lowest BCUT2D eigenvalue weighted by molar-refractivity contribution is -0.143. The topological polar surface area (TPSA) is 63.1 Å². The quantitative estimate of drug-likeness (QED) is 0.410. The Kier molecular flexibility index (Phi) is 5.27. The van der Waals surface area contributed by atoms with Crippen LogP contribution < -0.4 is 10.2 Å². The molecular weight excluding hydrogens is 450 g/mol. The Morgan fingerprint density at radius 2 is 1.59 bits per heavy atom. The second-order valence-electron chi connectivity index (χ2n) is 7.70. The van der Waals surface area contributed by atoms with Crippen LogP contribution in [0.15, 0.2) is 72.8 Å². The molecule has 1 aliphatic heterocycles. The highest BCUT2D eigenvalue weighted by atomic mass is 19.4. The molecule has 34 heavy (non-hydrogen) atoms. The van der Waals surface area contributed by atoms with Crippen LogP contribution in [0.3, 0.4) is 0 Å². The summed E-state index contributed by atoms with van der Waals surface area (Å²) in [5.41, 5.74) is 1.26. The number of hydrogen-bond donors (Lipinski definition) is 1. The van der Waals surface area contributed by atoms with Gasteiger partial charge in [0, 0.05) is 23.6 Å². The van der Waals surface area contributed by atoms with E-state index < -0.39 is 29.3 Å². The first-order chi connectivity index (χ1) is 16.3. The first-order valence-corrected chi connectivity index (χ1v) is 10.4. The lowest BCUT2D eigenvalue weighted by atomic mass is 10.2. The number of amides is 1. The predicted octanol–water partition coefficient (Wildman–Crippen LogP) is 5.37. The van der Waals surface area contributed by atoms with Crippen LogP contribution in [0.4, 0.5) is 34.6 Å². The average molecular weight is 467 g/mol. The molecule has 5 rings (SSSR count). The predicted molar refractivity (Wildman–Crippen MR) is 118 cm³/mol. The third-order valence-corrected chi connectivity index (χ3v) is 5.55. The van der Waals surface area contributed by atoms with Gasteiger partial charge in [0.2, 0.25) is 0 Å². The zero-order chi connectivity index (χ0) is 23.9. The molecule has 1 amide bonds. The molecular formula is C24H17F4N5O. The van der Waals surface area contributed by atoms with Crippen molar-refractivity contribution in [2.75, 3.05) is 16.8 Å². The fourth-order valence-corrected chi connectivity index (χ4v) is 3.97. The highest BCUT2D eigenvalue weighted by molar-refractivity contribution is 6.03. The maximum atomic E-state index is 13.8. The van der Waals surface area contributed by atoms with Crippen LogP contribution in [0.5, 0.6) is 0 Å². The number of carbonyl (C=O) groups excluding carboxylic acids is 1. The standard InChI is InChI=1S/C24H17F4N5O/c25-16-5-9-19(10-6-16)33-22(24(26,27)28)21(30-31-33)23(34)29-17-7-11-18(12-8-17)32-14-13-15-3-1-2-4-20(15)32/h1-12H,13-14H2,(H,29,34). The van der Waals surface area contributed by atoms with E-state index in [1.807, 2.05) is 18.2 Å². The van der Waals surface area contributed by atoms with Gasteiger partial charge in [-0.25, -0.2) is 9.07 Å². The number of carbonyl (C=O) groups is 1. The second-order valence-corrected chi connectivity index (χ2v) is 7.70. The summed E-state index contributed by atoms with van der Waals surface area (Å²) < 4.78 is 55.0. The van der Waals surface area contributed by atoms with E-state index >= 15 is 0 Å². The Labute approximate surface area is 191 Å². The minimum Gasteiger partial charge on any atom is -0.341 e. The van der Waals surface area contributed by atoms with Crippen LogP contribution in [0.25, 0.3) is 5.69 Å². The van der Waals surface area contributed by atoms with Crippen molar-refractivity contribution in [1.82, 2.24) is 15.0 Å². The van der Waals surface area contributed by atoms with E-state index in [1.54, 1.807) is 24.3 Å². The smallest absolute Gasteiger partial charge is 0.341 e. The normalized spacial score (nSPS) is 13.1. The summed E-state index contributed by atoms with van der Waals surface area (Å²) in [6.45, 7) is 0.812. The van der Waals surface area contributed by atoms with Crippen LogP contribution in [-0.2, 0) is 12.6 Å². The maximum Gasteiger partial charge on any atom is 0.435 e. The fourth-order valence-electron chi connectivity index (χ4n) is 3.97.